The van der Waals surface area contributed by atoms with Crippen LogP contribution in [0.15, 0.2) is 53.3 Å². The minimum atomic E-state index is -0.0838. The second kappa shape index (κ2) is 7.57. The van der Waals surface area contributed by atoms with Crippen molar-refractivity contribution < 1.29 is 9.59 Å². The van der Waals surface area contributed by atoms with Gasteiger partial charge in [-0.3, -0.25) is 14.6 Å². The Morgan fingerprint density at radius 2 is 1.88 bits per heavy atom. The molecule has 1 aromatic carbocycles. The summed E-state index contributed by atoms with van der Waals surface area (Å²) in [6.45, 7) is 1.27. The van der Waals surface area contributed by atoms with Gasteiger partial charge in [0.2, 0.25) is 0 Å². The fourth-order valence-electron chi connectivity index (χ4n) is 2.81. The molecular formula is C18H18BrN3O2. The van der Waals surface area contributed by atoms with E-state index in [9.17, 15) is 9.59 Å². The molecule has 0 aliphatic carbocycles. The number of carbonyl (C=O) groups excluding carboxylic acids is 2. The van der Waals surface area contributed by atoms with Gasteiger partial charge in [-0.2, -0.15) is 0 Å². The molecule has 2 heterocycles. The lowest BCUT2D eigenvalue weighted by atomic mass is 10.0. The Morgan fingerprint density at radius 1 is 1.12 bits per heavy atom. The molecule has 2 amide bonds. The second-order valence-corrected chi connectivity index (χ2v) is 6.62. The summed E-state index contributed by atoms with van der Waals surface area (Å²) in [6.07, 6.45) is 4.74. The van der Waals surface area contributed by atoms with E-state index in [2.05, 4.69) is 26.2 Å². The maximum absolute atomic E-state index is 12.4. The Kier molecular flexibility index (Phi) is 5.25. The Labute approximate surface area is 149 Å². The van der Waals surface area contributed by atoms with Gasteiger partial charge >= 0.3 is 0 Å². The van der Waals surface area contributed by atoms with E-state index in [4.69, 9.17) is 0 Å². The number of pyridine rings is 1. The van der Waals surface area contributed by atoms with Crippen LogP contribution in [0.1, 0.15) is 33.6 Å². The number of hydrogen-bond acceptors (Lipinski definition) is 3. The highest BCUT2D eigenvalue weighted by Gasteiger charge is 2.25. The molecule has 124 valence electrons. The highest BCUT2D eigenvalue weighted by Crippen LogP contribution is 2.18. The smallest absolute Gasteiger partial charge is 0.255 e. The first-order valence-corrected chi connectivity index (χ1v) is 8.69. The van der Waals surface area contributed by atoms with Crippen molar-refractivity contribution in [3.63, 3.8) is 0 Å². The number of aromatic nitrogens is 1. The number of hydrogen-bond donors (Lipinski definition) is 1. The van der Waals surface area contributed by atoms with Crippen LogP contribution in [0.3, 0.4) is 0 Å². The zero-order valence-electron chi connectivity index (χ0n) is 13.1. The molecule has 1 N–H and O–H groups in total. The zero-order chi connectivity index (χ0) is 16.9. The van der Waals surface area contributed by atoms with Crippen molar-refractivity contribution in [2.75, 3.05) is 13.1 Å². The third kappa shape index (κ3) is 3.82. The van der Waals surface area contributed by atoms with E-state index in [0.717, 1.165) is 17.3 Å². The number of halogens is 1. The van der Waals surface area contributed by atoms with Crippen molar-refractivity contribution in [2.45, 2.75) is 18.9 Å². The molecule has 0 saturated carbocycles. The number of benzene rings is 1. The van der Waals surface area contributed by atoms with E-state index in [1.54, 1.807) is 30.6 Å². The number of rotatable bonds is 3. The van der Waals surface area contributed by atoms with Gasteiger partial charge in [-0.05, 0) is 53.0 Å². The molecule has 24 heavy (non-hydrogen) atoms. The summed E-state index contributed by atoms with van der Waals surface area (Å²) in [5.41, 5.74) is 1.24. The van der Waals surface area contributed by atoms with Crippen LogP contribution >= 0.6 is 15.9 Å². The van der Waals surface area contributed by atoms with E-state index in [-0.39, 0.29) is 17.9 Å². The molecule has 2 aromatic rings. The van der Waals surface area contributed by atoms with Gasteiger partial charge in [-0.25, -0.2) is 0 Å². The molecule has 0 radical (unpaired) electrons. The number of carbonyl (C=O) groups is 2. The molecule has 1 saturated heterocycles. The molecule has 1 aliphatic rings. The van der Waals surface area contributed by atoms with E-state index < -0.39 is 0 Å². The van der Waals surface area contributed by atoms with Crippen molar-refractivity contribution in [3.05, 3.63) is 64.4 Å². The van der Waals surface area contributed by atoms with Crippen LogP contribution in [0.5, 0.6) is 0 Å². The van der Waals surface area contributed by atoms with E-state index in [1.165, 1.54) is 0 Å². The summed E-state index contributed by atoms with van der Waals surface area (Å²) in [5.74, 6) is -0.0850. The number of nitrogens with zero attached hydrogens (tertiary/aromatic N) is 2. The maximum Gasteiger partial charge on any atom is 0.255 e. The fraction of sp³-hybridized carbons (Fsp3) is 0.278. The largest absolute Gasteiger partial charge is 0.349 e. The van der Waals surface area contributed by atoms with Gasteiger partial charge in [-0.1, -0.05) is 12.1 Å². The van der Waals surface area contributed by atoms with Gasteiger partial charge in [0.1, 0.15) is 0 Å². The lowest BCUT2D eigenvalue weighted by molar-refractivity contribution is 0.0697. The molecule has 5 nitrogen and oxygen atoms in total. The molecule has 3 rings (SSSR count). The lowest BCUT2D eigenvalue weighted by Crippen LogP contribution is -2.46. The van der Waals surface area contributed by atoms with Gasteiger partial charge in [0.05, 0.1) is 11.1 Å². The predicted octanol–water partition coefficient (Wildman–Crippen LogP) is 2.88. The van der Waals surface area contributed by atoms with Gasteiger partial charge in [-0.15, -0.1) is 0 Å². The number of nitrogens with one attached hydrogen (secondary N) is 1. The minimum Gasteiger partial charge on any atom is -0.349 e. The fourth-order valence-corrected chi connectivity index (χ4v) is 3.27. The average molecular weight is 388 g/mol. The van der Waals surface area contributed by atoms with Crippen LogP contribution in [-0.2, 0) is 0 Å². The lowest BCUT2D eigenvalue weighted by Gasteiger charge is -2.32. The molecule has 1 aromatic heterocycles. The number of likely N-dealkylation sites (tertiary alicyclic amines) is 1. The molecule has 6 heteroatoms. The molecule has 0 bridgehead atoms. The monoisotopic (exact) mass is 387 g/mol. The Morgan fingerprint density at radius 3 is 2.54 bits per heavy atom. The molecule has 1 aliphatic heterocycles. The SMILES string of the molecule is O=C(NC1CCN(C(=O)c2cccnc2)CC1)c1ccccc1Br. The first kappa shape index (κ1) is 16.6. The van der Waals surface area contributed by atoms with Crippen molar-refractivity contribution >= 4 is 27.7 Å². The summed E-state index contributed by atoms with van der Waals surface area (Å²) >= 11 is 3.40. The van der Waals surface area contributed by atoms with Crippen LogP contribution < -0.4 is 5.32 Å². The first-order chi connectivity index (χ1) is 11.6. The Balaban J connectivity index is 1.55. The molecule has 1 fully saturated rings. The zero-order valence-corrected chi connectivity index (χ0v) is 14.7. The summed E-state index contributed by atoms with van der Waals surface area (Å²) in [4.78, 5) is 30.5. The van der Waals surface area contributed by atoms with Crippen molar-refractivity contribution in [3.8, 4) is 0 Å². The second-order valence-electron chi connectivity index (χ2n) is 5.76. The third-order valence-corrected chi connectivity index (χ3v) is 4.84. The van der Waals surface area contributed by atoms with E-state index >= 15 is 0 Å². The standard InChI is InChI=1S/C18H18BrN3O2/c19-16-6-2-1-5-15(16)17(23)21-14-7-10-22(11-8-14)18(24)13-4-3-9-20-12-13/h1-6,9,12,14H,7-8,10-11H2,(H,21,23). The topological polar surface area (TPSA) is 62.3 Å². The predicted molar refractivity (Wildman–Crippen MR) is 94.8 cm³/mol. The average Bonchev–Trinajstić information content (AvgIpc) is 2.63. The minimum absolute atomic E-state index is 0.00122. The summed E-state index contributed by atoms with van der Waals surface area (Å²) < 4.78 is 0.784. The summed E-state index contributed by atoms with van der Waals surface area (Å²) in [7, 11) is 0. The summed E-state index contributed by atoms with van der Waals surface area (Å²) in [5, 5.41) is 3.06. The maximum atomic E-state index is 12.4. The Bertz CT molecular complexity index is 728. The van der Waals surface area contributed by atoms with Gasteiger partial charge < -0.3 is 10.2 Å². The van der Waals surface area contributed by atoms with E-state index in [1.807, 2.05) is 23.1 Å². The van der Waals surface area contributed by atoms with Crippen LogP contribution in [-0.4, -0.2) is 40.8 Å². The van der Waals surface area contributed by atoms with Crippen molar-refractivity contribution in [2.24, 2.45) is 0 Å². The van der Waals surface area contributed by atoms with Crippen molar-refractivity contribution in [1.82, 2.24) is 15.2 Å². The molecule has 0 atom stereocenters. The van der Waals surface area contributed by atoms with Crippen LogP contribution in [0.4, 0.5) is 0 Å². The van der Waals surface area contributed by atoms with Crippen LogP contribution in [0, 0.1) is 0 Å². The normalized spacial score (nSPS) is 15.1. The van der Waals surface area contributed by atoms with Crippen molar-refractivity contribution in [1.29, 1.82) is 0 Å². The molecule has 0 unspecified atom stereocenters. The van der Waals surface area contributed by atoms with E-state index in [0.29, 0.717) is 24.2 Å². The molecule has 0 spiro atoms. The highest BCUT2D eigenvalue weighted by molar-refractivity contribution is 9.10. The van der Waals surface area contributed by atoms with Crippen LogP contribution in [0.25, 0.3) is 0 Å². The quantitative estimate of drug-likeness (QED) is 0.880. The Hall–Kier alpha value is -2.21. The highest BCUT2D eigenvalue weighted by atomic mass is 79.9. The third-order valence-electron chi connectivity index (χ3n) is 4.14. The van der Waals surface area contributed by atoms with Gasteiger partial charge in [0, 0.05) is 36.0 Å². The number of amides is 2. The van der Waals surface area contributed by atoms with Gasteiger partial charge in [0.25, 0.3) is 11.8 Å². The first-order valence-electron chi connectivity index (χ1n) is 7.90. The summed E-state index contributed by atoms with van der Waals surface area (Å²) in [6, 6.07) is 11.0. The van der Waals surface area contributed by atoms with Crippen LogP contribution in [0.2, 0.25) is 0 Å². The molecular weight excluding hydrogens is 370 g/mol. The van der Waals surface area contributed by atoms with Gasteiger partial charge in [0.15, 0.2) is 0 Å². The number of piperidine rings is 1.